The van der Waals surface area contributed by atoms with Crippen molar-refractivity contribution in [2.75, 3.05) is 19.8 Å². The molecule has 4 rings (SSSR count). The molecule has 0 N–H and O–H groups in total. The number of esters is 1. The molecule has 0 amide bonds. The minimum Gasteiger partial charge on any atom is -0.494 e. The van der Waals surface area contributed by atoms with Crippen LogP contribution < -0.4 is 14.2 Å². The molecule has 5 nitrogen and oxygen atoms in total. The second-order valence-electron chi connectivity index (χ2n) is 10.0. The largest absolute Gasteiger partial charge is 0.494 e. The van der Waals surface area contributed by atoms with Gasteiger partial charge in [0.15, 0.2) is 17.7 Å². The highest BCUT2D eigenvalue weighted by Gasteiger charge is 2.41. The quantitative estimate of drug-likeness (QED) is 0.140. The first-order valence-electron chi connectivity index (χ1n) is 13.4. The number of carbonyl (C=O) groups is 1. The molecule has 212 valence electrons. The standard InChI is InChI=1S/C30H34F4O5/c1-3-17-37-24-15-16-25(28(31)27(24)30(32,33)34)39-29(35)26-14-11-22(18-38-26)21-7-5-19(6-8-21)20-9-12-23(13-10-20)36-4-2/h3,9-10,12-13,15-16,19,21-22,26H,1,4-8,11,14,17-18H2,2H3. The lowest BCUT2D eigenvalue weighted by Gasteiger charge is -2.37. The molecule has 2 atom stereocenters. The van der Waals surface area contributed by atoms with Gasteiger partial charge < -0.3 is 18.9 Å². The normalized spacial score (nSPS) is 23.6. The molecular formula is C30H34F4O5. The number of hydrogen-bond acceptors (Lipinski definition) is 5. The SMILES string of the molecule is C=CCOc1ccc(OC(=O)C2CCC(C3CCC(c4ccc(OCC)cc4)CC3)CO2)c(F)c1C(F)(F)F. The van der Waals surface area contributed by atoms with E-state index in [0.717, 1.165) is 50.0 Å². The van der Waals surface area contributed by atoms with Crippen LogP contribution in [0.5, 0.6) is 17.2 Å². The number of rotatable bonds is 9. The molecule has 39 heavy (non-hydrogen) atoms. The van der Waals surface area contributed by atoms with Crippen molar-refractivity contribution in [1.29, 1.82) is 0 Å². The first-order valence-corrected chi connectivity index (χ1v) is 13.4. The number of ether oxygens (including phenoxy) is 4. The van der Waals surface area contributed by atoms with Gasteiger partial charge in [0.2, 0.25) is 0 Å². The third-order valence-electron chi connectivity index (χ3n) is 7.59. The van der Waals surface area contributed by atoms with E-state index >= 15 is 0 Å². The zero-order valence-electron chi connectivity index (χ0n) is 22.0. The van der Waals surface area contributed by atoms with Crippen LogP contribution in [-0.4, -0.2) is 31.9 Å². The Balaban J connectivity index is 1.29. The Morgan fingerprint density at radius 1 is 0.974 bits per heavy atom. The summed E-state index contributed by atoms with van der Waals surface area (Å²) in [4.78, 5) is 12.6. The molecule has 1 saturated carbocycles. The first-order chi connectivity index (χ1) is 18.7. The van der Waals surface area contributed by atoms with E-state index in [1.54, 1.807) is 0 Å². The Hall–Kier alpha value is -3.07. The fourth-order valence-electron chi connectivity index (χ4n) is 5.58. The summed E-state index contributed by atoms with van der Waals surface area (Å²) in [5.74, 6) is -1.95. The summed E-state index contributed by atoms with van der Waals surface area (Å²) in [6.45, 7) is 6.10. The molecule has 2 unspecified atom stereocenters. The van der Waals surface area contributed by atoms with E-state index in [-0.39, 0.29) is 6.61 Å². The molecular weight excluding hydrogens is 516 g/mol. The highest BCUT2D eigenvalue weighted by atomic mass is 19.4. The van der Waals surface area contributed by atoms with Gasteiger partial charge in [0, 0.05) is 0 Å². The van der Waals surface area contributed by atoms with Gasteiger partial charge in [-0.25, -0.2) is 9.18 Å². The van der Waals surface area contributed by atoms with Crippen molar-refractivity contribution in [1.82, 2.24) is 0 Å². The Morgan fingerprint density at radius 3 is 2.23 bits per heavy atom. The monoisotopic (exact) mass is 550 g/mol. The smallest absolute Gasteiger partial charge is 0.422 e. The predicted octanol–water partition coefficient (Wildman–Crippen LogP) is 7.48. The summed E-state index contributed by atoms with van der Waals surface area (Å²) in [6, 6.07) is 10.2. The maximum absolute atomic E-state index is 14.7. The molecule has 2 fully saturated rings. The number of carbonyl (C=O) groups excluding carboxylic acids is 1. The molecule has 2 aliphatic rings. The van der Waals surface area contributed by atoms with Crippen molar-refractivity contribution in [3.63, 3.8) is 0 Å². The number of halogens is 4. The molecule has 2 aromatic carbocycles. The van der Waals surface area contributed by atoms with Crippen LogP contribution in [-0.2, 0) is 15.7 Å². The second kappa shape index (κ2) is 12.9. The summed E-state index contributed by atoms with van der Waals surface area (Å²) in [5, 5.41) is 0. The first kappa shape index (κ1) is 28.9. The lowest BCUT2D eigenvalue weighted by Crippen LogP contribution is -2.38. The van der Waals surface area contributed by atoms with Crippen molar-refractivity contribution in [2.45, 2.75) is 63.6 Å². The van der Waals surface area contributed by atoms with Gasteiger partial charge >= 0.3 is 12.1 Å². The van der Waals surface area contributed by atoms with E-state index in [2.05, 4.69) is 18.7 Å². The van der Waals surface area contributed by atoms with Gasteiger partial charge in [-0.15, -0.1) is 0 Å². The molecule has 1 heterocycles. The number of alkyl halides is 3. The van der Waals surface area contributed by atoms with Crippen molar-refractivity contribution >= 4 is 5.97 Å². The molecule has 0 radical (unpaired) electrons. The summed E-state index contributed by atoms with van der Waals surface area (Å²) < 4.78 is 76.4. The third kappa shape index (κ3) is 7.12. The van der Waals surface area contributed by atoms with Crippen molar-refractivity contribution in [3.05, 3.63) is 66.0 Å². The van der Waals surface area contributed by atoms with Crippen LogP contribution in [0.1, 0.15) is 62.5 Å². The molecule has 0 bridgehead atoms. The summed E-state index contributed by atoms with van der Waals surface area (Å²) >= 11 is 0. The lowest BCUT2D eigenvalue weighted by molar-refractivity contribution is -0.154. The van der Waals surface area contributed by atoms with Crippen LogP contribution in [0, 0.1) is 17.7 Å². The highest BCUT2D eigenvalue weighted by Crippen LogP contribution is 2.43. The lowest BCUT2D eigenvalue weighted by atomic mass is 9.72. The molecule has 9 heteroatoms. The van der Waals surface area contributed by atoms with Crippen LogP contribution in [0.15, 0.2) is 49.1 Å². The fourth-order valence-corrected chi connectivity index (χ4v) is 5.58. The fraction of sp³-hybridized carbons (Fsp3) is 0.500. The Morgan fingerprint density at radius 2 is 1.64 bits per heavy atom. The van der Waals surface area contributed by atoms with Gasteiger partial charge in [0.1, 0.15) is 23.7 Å². The molecule has 0 spiro atoms. The Bertz CT molecular complexity index is 1120. The average molecular weight is 551 g/mol. The van der Waals surface area contributed by atoms with E-state index in [9.17, 15) is 22.4 Å². The van der Waals surface area contributed by atoms with Crippen molar-refractivity contribution in [2.24, 2.45) is 11.8 Å². The number of benzene rings is 2. The van der Waals surface area contributed by atoms with E-state index in [0.29, 0.717) is 37.4 Å². The van der Waals surface area contributed by atoms with Gasteiger partial charge in [-0.05, 0) is 93.0 Å². The highest BCUT2D eigenvalue weighted by molar-refractivity contribution is 5.77. The molecule has 1 aliphatic heterocycles. The second-order valence-corrected chi connectivity index (χ2v) is 10.0. The van der Waals surface area contributed by atoms with Crippen molar-refractivity contribution < 1.29 is 41.3 Å². The maximum atomic E-state index is 14.7. The molecule has 1 saturated heterocycles. The van der Waals surface area contributed by atoms with E-state index in [1.807, 2.05) is 19.1 Å². The zero-order valence-corrected chi connectivity index (χ0v) is 22.0. The van der Waals surface area contributed by atoms with Gasteiger partial charge in [-0.2, -0.15) is 13.2 Å². The molecule has 0 aromatic heterocycles. The maximum Gasteiger partial charge on any atom is 0.422 e. The van der Waals surface area contributed by atoms with Crippen molar-refractivity contribution in [3.8, 4) is 17.2 Å². The van der Waals surface area contributed by atoms with Gasteiger partial charge in [0.05, 0.1) is 13.2 Å². The third-order valence-corrected chi connectivity index (χ3v) is 7.59. The topological polar surface area (TPSA) is 54.0 Å². The minimum atomic E-state index is -5.04. The summed E-state index contributed by atoms with van der Waals surface area (Å²) in [5.41, 5.74) is -0.305. The van der Waals surface area contributed by atoms with Crippen LogP contribution >= 0.6 is 0 Å². The Labute approximate surface area is 226 Å². The van der Waals surface area contributed by atoms with Crippen LogP contribution in [0.4, 0.5) is 17.6 Å². The van der Waals surface area contributed by atoms with Crippen LogP contribution in [0.25, 0.3) is 0 Å². The van der Waals surface area contributed by atoms with E-state index < -0.39 is 41.1 Å². The van der Waals surface area contributed by atoms with E-state index in [4.69, 9.17) is 18.9 Å². The number of hydrogen-bond donors (Lipinski definition) is 0. The summed E-state index contributed by atoms with van der Waals surface area (Å²) in [6.07, 6.45) is 0.643. The van der Waals surface area contributed by atoms with Gasteiger partial charge in [0.25, 0.3) is 0 Å². The van der Waals surface area contributed by atoms with Gasteiger partial charge in [-0.1, -0.05) is 24.8 Å². The molecule has 2 aromatic rings. The van der Waals surface area contributed by atoms with Crippen LogP contribution in [0.3, 0.4) is 0 Å². The predicted molar refractivity (Wildman–Crippen MR) is 138 cm³/mol. The van der Waals surface area contributed by atoms with Crippen LogP contribution in [0.2, 0.25) is 0 Å². The average Bonchev–Trinajstić information content (AvgIpc) is 2.93. The van der Waals surface area contributed by atoms with E-state index in [1.165, 1.54) is 11.6 Å². The minimum absolute atomic E-state index is 0.234. The zero-order chi connectivity index (χ0) is 28.0. The summed E-state index contributed by atoms with van der Waals surface area (Å²) in [7, 11) is 0. The van der Waals surface area contributed by atoms with Gasteiger partial charge in [-0.3, -0.25) is 0 Å². The Kier molecular flexibility index (Phi) is 9.53. The molecule has 1 aliphatic carbocycles.